The van der Waals surface area contributed by atoms with Crippen molar-refractivity contribution >= 4 is 35.2 Å². The zero-order valence-electron chi connectivity index (χ0n) is 17.5. The summed E-state index contributed by atoms with van der Waals surface area (Å²) in [5, 5.41) is 25.2. The van der Waals surface area contributed by atoms with Gasteiger partial charge < -0.3 is 15.2 Å². The number of Topliss-reactive ketones (excluding diaryl/α,β-unsaturated/α-hetero) is 1. The monoisotopic (exact) mass is 466 g/mol. The van der Waals surface area contributed by atoms with Crippen molar-refractivity contribution in [2.75, 3.05) is 6.54 Å². The van der Waals surface area contributed by atoms with E-state index in [2.05, 4.69) is 5.32 Å². The highest BCUT2D eigenvalue weighted by Crippen LogP contribution is 2.33. The maximum atomic E-state index is 12.8. The van der Waals surface area contributed by atoms with Crippen LogP contribution in [0, 0.1) is 29.9 Å². The van der Waals surface area contributed by atoms with E-state index < -0.39 is 17.1 Å². The molecule has 31 heavy (non-hydrogen) atoms. The number of hydrogen-bond donors (Lipinski definition) is 2. The average molecular weight is 467 g/mol. The molecule has 4 rings (SSSR count). The number of ketones is 1. The number of nitro benzene ring substituents is 1. The molecule has 0 aliphatic heterocycles. The van der Waals surface area contributed by atoms with Gasteiger partial charge in [-0.25, -0.2) is 0 Å². The number of nitrogens with one attached hydrogen (secondary N) is 1. The third-order valence-electron chi connectivity index (χ3n) is 6.20. The summed E-state index contributed by atoms with van der Waals surface area (Å²) in [7, 11) is 0. The molecule has 2 aromatic rings. The van der Waals surface area contributed by atoms with Crippen LogP contribution in [-0.4, -0.2) is 40.6 Å². The Morgan fingerprint density at radius 3 is 2.81 bits per heavy atom. The fraction of sp³-hybridized carbons (Fsp3) is 0.500. The first-order chi connectivity index (χ1) is 14.3. The maximum absolute atomic E-state index is 12.8. The van der Waals surface area contributed by atoms with Crippen LogP contribution in [0.25, 0.3) is 0 Å². The van der Waals surface area contributed by atoms with Crippen molar-refractivity contribution in [3.63, 3.8) is 0 Å². The van der Waals surface area contributed by atoms with Crippen LogP contribution >= 0.6 is 23.7 Å². The van der Waals surface area contributed by atoms with Gasteiger partial charge in [0.05, 0.1) is 10.5 Å². The van der Waals surface area contributed by atoms with Crippen LogP contribution < -0.4 is 10.1 Å². The Kier molecular flexibility index (Phi) is 7.36. The van der Waals surface area contributed by atoms with Gasteiger partial charge in [-0.3, -0.25) is 14.9 Å². The Morgan fingerprint density at radius 2 is 2.06 bits per heavy atom. The maximum Gasteiger partial charge on any atom is 0.276 e. The van der Waals surface area contributed by atoms with Crippen LogP contribution in [0.1, 0.15) is 44.9 Å². The first kappa shape index (κ1) is 23.7. The molecule has 0 radical (unpaired) electrons. The summed E-state index contributed by atoms with van der Waals surface area (Å²) in [6.45, 7) is 4.22. The SMILES string of the molecule is Cc1cc2c(s1)CCC(CN[C@@H]1CC[C@@H](Oc3cccc([N+](=O)[O-])c3C)[C@@H]1O)C2=O.Cl. The lowest BCUT2D eigenvalue weighted by Gasteiger charge is -2.26. The lowest BCUT2D eigenvalue weighted by Crippen LogP contribution is -2.44. The van der Waals surface area contributed by atoms with Crippen LogP contribution in [0.2, 0.25) is 0 Å². The highest BCUT2D eigenvalue weighted by molar-refractivity contribution is 7.12. The molecule has 1 unspecified atom stereocenters. The molecule has 0 saturated heterocycles. The Bertz CT molecular complexity index is 979. The predicted octanol–water partition coefficient (Wildman–Crippen LogP) is 4.00. The number of nitro groups is 1. The van der Waals surface area contributed by atoms with Crippen molar-refractivity contribution in [2.24, 2.45) is 5.92 Å². The number of carbonyl (C=O) groups is 1. The number of hydrogen-bond acceptors (Lipinski definition) is 7. The third kappa shape index (κ3) is 4.77. The van der Waals surface area contributed by atoms with Crippen molar-refractivity contribution in [2.45, 2.75) is 57.8 Å². The molecule has 1 saturated carbocycles. The summed E-state index contributed by atoms with van der Waals surface area (Å²) in [4.78, 5) is 25.8. The molecule has 0 bridgehead atoms. The molecule has 168 valence electrons. The second-order valence-corrected chi connectivity index (χ2v) is 9.53. The van der Waals surface area contributed by atoms with E-state index in [0.29, 0.717) is 24.3 Å². The molecule has 1 aromatic heterocycles. The van der Waals surface area contributed by atoms with Gasteiger partial charge in [0.1, 0.15) is 18.0 Å². The molecule has 0 amide bonds. The van der Waals surface area contributed by atoms with Gasteiger partial charge in [-0.2, -0.15) is 0 Å². The summed E-state index contributed by atoms with van der Waals surface area (Å²) >= 11 is 1.70. The molecule has 9 heteroatoms. The minimum Gasteiger partial charge on any atom is -0.487 e. The normalized spacial score (nSPS) is 25.1. The van der Waals surface area contributed by atoms with Gasteiger partial charge in [0.2, 0.25) is 0 Å². The molecular formula is C22H27ClN2O5S. The zero-order chi connectivity index (χ0) is 21.4. The number of benzene rings is 1. The summed E-state index contributed by atoms with van der Waals surface area (Å²) < 4.78 is 5.94. The number of fused-ring (bicyclic) bond motifs is 1. The molecular weight excluding hydrogens is 440 g/mol. The summed E-state index contributed by atoms with van der Waals surface area (Å²) in [5.74, 6) is 0.551. The molecule has 7 nitrogen and oxygen atoms in total. The highest BCUT2D eigenvalue weighted by atomic mass is 35.5. The third-order valence-corrected chi connectivity index (χ3v) is 7.31. The molecule has 1 fully saturated rings. The van der Waals surface area contributed by atoms with Gasteiger partial charge in [-0.05, 0) is 51.7 Å². The van der Waals surface area contributed by atoms with E-state index in [0.717, 1.165) is 24.8 Å². The molecule has 2 N–H and O–H groups in total. The van der Waals surface area contributed by atoms with E-state index in [-0.39, 0.29) is 35.8 Å². The quantitative estimate of drug-likeness (QED) is 0.492. The lowest BCUT2D eigenvalue weighted by atomic mass is 9.87. The van der Waals surface area contributed by atoms with E-state index in [1.165, 1.54) is 15.8 Å². The van der Waals surface area contributed by atoms with Gasteiger partial charge in [0, 0.05) is 39.9 Å². The summed E-state index contributed by atoms with van der Waals surface area (Å²) in [5.41, 5.74) is 1.33. The predicted molar refractivity (Wildman–Crippen MR) is 122 cm³/mol. The number of halogens is 1. The van der Waals surface area contributed by atoms with Crippen molar-refractivity contribution in [3.05, 3.63) is 55.3 Å². The Balaban J connectivity index is 0.00000272. The number of aliphatic hydroxyl groups excluding tert-OH is 1. The van der Waals surface area contributed by atoms with Crippen LogP contribution in [0.4, 0.5) is 5.69 Å². The second-order valence-electron chi connectivity index (χ2n) is 8.19. The summed E-state index contributed by atoms with van der Waals surface area (Å²) in [6, 6.07) is 6.56. The highest BCUT2D eigenvalue weighted by Gasteiger charge is 2.38. The Labute approximate surface area is 191 Å². The number of ether oxygens (including phenoxy) is 1. The van der Waals surface area contributed by atoms with Crippen LogP contribution in [0.15, 0.2) is 24.3 Å². The van der Waals surface area contributed by atoms with Crippen LogP contribution in [-0.2, 0) is 6.42 Å². The number of carbonyl (C=O) groups excluding carboxylic acids is 1. The van der Waals surface area contributed by atoms with Gasteiger partial charge >= 0.3 is 0 Å². The van der Waals surface area contributed by atoms with Gasteiger partial charge in [-0.1, -0.05) is 6.07 Å². The zero-order valence-corrected chi connectivity index (χ0v) is 19.1. The largest absolute Gasteiger partial charge is 0.487 e. The van der Waals surface area contributed by atoms with Crippen molar-refractivity contribution in [1.82, 2.24) is 5.32 Å². The number of aryl methyl sites for hydroxylation is 2. The first-order valence-corrected chi connectivity index (χ1v) is 11.1. The van der Waals surface area contributed by atoms with E-state index in [9.17, 15) is 20.0 Å². The topological polar surface area (TPSA) is 102 Å². The van der Waals surface area contributed by atoms with Crippen molar-refractivity contribution < 1.29 is 19.6 Å². The van der Waals surface area contributed by atoms with E-state index in [1.54, 1.807) is 30.4 Å². The molecule has 0 spiro atoms. The molecule has 1 heterocycles. The molecule has 2 aliphatic carbocycles. The number of nitrogens with zero attached hydrogens (tertiary/aromatic N) is 1. The molecule has 1 aromatic carbocycles. The number of aliphatic hydroxyl groups is 1. The smallest absolute Gasteiger partial charge is 0.276 e. The van der Waals surface area contributed by atoms with E-state index >= 15 is 0 Å². The molecule has 4 atom stereocenters. The van der Waals surface area contributed by atoms with Crippen molar-refractivity contribution in [3.8, 4) is 5.75 Å². The fourth-order valence-electron chi connectivity index (χ4n) is 4.49. The molecule has 2 aliphatic rings. The van der Waals surface area contributed by atoms with E-state index in [1.807, 2.05) is 13.0 Å². The lowest BCUT2D eigenvalue weighted by molar-refractivity contribution is -0.385. The standard InChI is InChI=1S/C22H26N2O5S.ClH/c1-12-10-15-20(30-12)9-6-14(21(15)25)11-23-16-7-8-19(22(16)26)29-18-5-3-4-17(13(18)2)24(27)28;/h3-5,10,14,16,19,22-23,26H,6-9,11H2,1-2H3;1H/t14?,16-,19-,22-;/m1./s1. The number of thiophene rings is 1. The van der Waals surface area contributed by atoms with E-state index in [4.69, 9.17) is 4.74 Å². The first-order valence-electron chi connectivity index (χ1n) is 10.3. The van der Waals surface area contributed by atoms with Gasteiger partial charge in [-0.15, -0.1) is 23.7 Å². The Morgan fingerprint density at radius 1 is 1.29 bits per heavy atom. The van der Waals surface area contributed by atoms with Crippen molar-refractivity contribution in [1.29, 1.82) is 0 Å². The minimum atomic E-state index is -0.735. The Hall–Kier alpha value is -2.00. The van der Waals surface area contributed by atoms with Crippen LogP contribution in [0.3, 0.4) is 0 Å². The minimum absolute atomic E-state index is 0. The van der Waals surface area contributed by atoms with Gasteiger partial charge in [0.25, 0.3) is 5.69 Å². The second kappa shape index (κ2) is 9.65. The number of rotatable bonds is 6. The van der Waals surface area contributed by atoms with Gasteiger partial charge in [0.15, 0.2) is 5.78 Å². The fourth-order valence-corrected chi connectivity index (χ4v) is 5.54. The average Bonchev–Trinajstić information content (AvgIpc) is 3.25. The van der Waals surface area contributed by atoms with Crippen LogP contribution in [0.5, 0.6) is 5.75 Å². The summed E-state index contributed by atoms with van der Waals surface area (Å²) in [6.07, 6.45) is 1.96.